The molecule has 0 fully saturated rings. The largest absolute Gasteiger partial charge is 0.496 e. The number of hydrazine groups is 1. The minimum absolute atomic E-state index is 0.298. The van der Waals surface area contributed by atoms with Gasteiger partial charge in [-0.25, -0.2) is 14.2 Å². The number of benzene rings is 2. The van der Waals surface area contributed by atoms with E-state index in [-0.39, 0.29) is 0 Å². The zero-order valence-electron chi connectivity index (χ0n) is 12.2. The highest BCUT2D eigenvalue weighted by Crippen LogP contribution is 2.31. The topological polar surface area (TPSA) is 47.3 Å². The summed E-state index contributed by atoms with van der Waals surface area (Å²) in [4.78, 5) is 0. The fourth-order valence-electron chi connectivity index (χ4n) is 2.43. The van der Waals surface area contributed by atoms with Gasteiger partial charge in [0.1, 0.15) is 17.4 Å². The summed E-state index contributed by atoms with van der Waals surface area (Å²) in [5, 5.41) is 0. The van der Waals surface area contributed by atoms with Crippen LogP contribution in [-0.2, 0) is 0 Å². The number of hydrogen-bond donors (Lipinski definition) is 2. The van der Waals surface area contributed by atoms with Gasteiger partial charge < -0.3 is 4.74 Å². The summed E-state index contributed by atoms with van der Waals surface area (Å²) in [5.41, 5.74) is 5.54. The second kappa shape index (κ2) is 6.20. The molecule has 2 aromatic carbocycles. The summed E-state index contributed by atoms with van der Waals surface area (Å²) in [7, 11) is 1.60. The van der Waals surface area contributed by atoms with Crippen LogP contribution >= 0.6 is 0 Å². The number of rotatable bonds is 4. The van der Waals surface area contributed by atoms with Crippen molar-refractivity contribution in [3.05, 3.63) is 64.2 Å². The Labute approximate surface area is 122 Å². The molecule has 2 rings (SSSR count). The molecule has 1 atom stereocenters. The predicted molar refractivity (Wildman–Crippen MR) is 78.0 cm³/mol. The van der Waals surface area contributed by atoms with Crippen LogP contribution < -0.4 is 16.0 Å². The van der Waals surface area contributed by atoms with E-state index in [1.165, 1.54) is 12.1 Å². The fourth-order valence-corrected chi connectivity index (χ4v) is 2.43. The molecule has 0 radical (unpaired) electrons. The number of ether oxygens (including phenoxy) is 1. The molecule has 3 nitrogen and oxygen atoms in total. The standard InChI is InChI=1S/C16H18F2N2O/c1-9-7-15(21-3)10(2)6-13(9)16(20-19)12-5-4-11(17)8-14(12)18/h4-8,16,20H,19H2,1-3H3. The van der Waals surface area contributed by atoms with Crippen LogP contribution in [0.2, 0.25) is 0 Å². The highest BCUT2D eigenvalue weighted by molar-refractivity contribution is 5.46. The Kier molecular flexibility index (Phi) is 4.55. The molecule has 1 unspecified atom stereocenters. The van der Waals surface area contributed by atoms with Crippen LogP contribution in [0.3, 0.4) is 0 Å². The van der Waals surface area contributed by atoms with Crippen molar-refractivity contribution in [2.24, 2.45) is 5.84 Å². The lowest BCUT2D eigenvalue weighted by Crippen LogP contribution is -2.30. The van der Waals surface area contributed by atoms with Crippen molar-refractivity contribution in [3.8, 4) is 5.75 Å². The van der Waals surface area contributed by atoms with Crippen LogP contribution in [0.5, 0.6) is 5.75 Å². The molecule has 0 saturated heterocycles. The maximum Gasteiger partial charge on any atom is 0.131 e. The summed E-state index contributed by atoms with van der Waals surface area (Å²) in [5.74, 6) is 5.10. The molecular formula is C16H18F2N2O. The molecule has 0 aliphatic rings. The van der Waals surface area contributed by atoms with Gasteiger partial charge in [0, 0.05) is 11.6 Å². The van der Waals surface area contributed by atoms with Crippen molar-refractivity contribution in [1.29, 1.82) is 0 Å². The third-order valence-electron chi connectivity index (χ3n) is 3.53. The average molecular weight is 292 g/mol. The first-order valence-electron chi connectivity index (χ1n) is 6.54. The summed E-state index contributed by atoms with van der Waals surface area (Å²) in [6.07, 6.45) is 0. The van der Waals surface area contributed by atoms with E-state index in [0.717, 1.165) is 28.5 Å². The molecule has 0 bridgehead atoms. The van der Waals surface area contributed by atoms with Gasteiger partial charge in [-0.3, -0.25) is 5.84 Å². The summed E-state index contributed by atoms with van der Waals surface area (Å²) >= 11 is 0. The van der Waals surface area contributed by atoms with Crippen molar-refractivity contribution >= 4 is 0 Å². The van der Waals surface area contributed by atoms with Gasteiger partial charge in [-0.15, -0.1) is 0 Å². The van der Waals surface area contributed by atoms with Crippen LogP contribution in [0.4, 0.5) is 8.78 Å². The van der Waals surface area contributed by atoms with Gasteiger partial charge in [-0.2, -0.15) is 0 Å². The van der Waals surface area contributed by atoms with Gasteiger partial charge in [-0.05, 0) is 42.7 Å². The fraction of sp³-hybridized carbons (Fsp3) is 0.250. The maximum absolute atomic E-state index is 14.0. The van der Waals surface area contributed by atoms with Crippen LogP contribution in [0, 0.1) is 25.5 Å². The molecule has 21 heavy (non-hydrogen) atoms. The molecule has 0 saturated carbocycles. The molecular weight excluding hydrogens is 274 g/mol. The SMILES string of the molecule is COc1cc(C)c(C(NN)c2ccc(F)cc2F)cc1C. The van der Waals surface area contributed by atoms with Gasteiger partial charge >= 0.3 is 0 Å². The highest BCUT2D eigenvalue weighted by atomic mass is 19.1. The molecule has 0 aliphatic carbocycles. The Bertz CT molecular complexity index is 659. The average Bonchev–Trinajstić information content (AvgIpc) is 2.45. The minimum Gasteiger partial charge on any atom is -0.496 e. The van der Waals surface area contributed by atoms with E-state index in [1.807, 2.05) is 26.0 Å². The predicted octanol–water partition coefficient (Wildman–Crippen LogP) is 3.14. The van der Waals surface area contributed by atoms with E-state index in [2.05, 4.69) is 5.43 Å². The van der Waals surface area contributed by atoms with Crippen LogP contribution in [0.1, 0.15) is 28.3 Å². The summed E-state index contributed by atoms with van der Waals surface area (Å²) < 4.78 is 32.3. The first-order valence-corrected chi connectivity index (χ1v) is 6.54. The van der Waals surface area contributed by atoms with Crippen molar-refractivity contribution in [3.63, 3.8) is 0 Å². The molecule has 5 heteroatoms. The number of nitrogens with one attached hydrogen (secondary N) is 1. The lowest BCUT2D eigenvalue weighted by atomic mass is 9.93. The zero-order chi connectivity index (χ0) is 15.6. The Morgan fingerprint density at radius 1 is 1.05 bits per heavy atom. The first-order chi connectivity index (χ1) is 9.97. The Morgan fingerprint density at radius 2 is 1.76 bits per heavy atom. The summed E-state index contributed by atoms with van der Waals surface area (Å²) in [6.45, 7) is 3.79. The Hall–Kier alpha value is -1.98. The molecule has 2 aromatic rings. The van der Waals surface area contributed by atoms with E-state index < -0.39 is 17.7 Å². The van der Waals surface area contributed by atoms with Gasteiger partial charge in [0.15, 0.2) is 0 Å². The highest BCUT2D eigenvalue weighted by Gasteiger charge is 2.20. The first kappa shape index (κ1) is 15.4. The number of methoxy groups -OCH3 is 1. The Morgan fingerprint density at radius 3 is 2.33 bits per heavy atom. The van der Waals surface area contributed by atoms with Crippen LogP contribution in [0.25, 0.3) is 0 Å². The summed E-state index contributed by atoms with van der Waals surface area (Å²) in [6, 6.07) is 6.67. The zero-order valence-corrected chi connectivity index (χ0v) is 12.2. The second-order valence-electron chi connectivity index (χ2n) is 4.94. The van der Waals surface area contributed by atoms with Gasteiger partial charge in [-0.1, -0.05) is 12.1 Å². The van der Waals surface area contributed by atoms with E-state index in [9.17, 15) is 8.78 Å². The van der Waals surface area contributed by atoms with Gasteiger partial charge in [0.05, 0.1) is 13.2 Å². The third-order valence-corrected chi connectivity index (χ3v) is 3.53. The van der Waals surface area contributed by atoms with Crippen molar-refractivity contribution in [1.82, 2.24) is 5.43 Å². The monoisotopic (exact) mass is 292 g/mol. The van der Waals surface area contributed by atoms with E-state index >= 15 is 0 Å². The number of aryl methyl sites for hydroxylation is 2. The number of hydrogen-bond acceptors (Lipinski definition) is 3. The third kappa shape index (κ3) is 3.04. The van der Waals surface area contributed by atoms with Crippen molar-refractivity contribution in [2.45, 2.75) is 19.9 Å². The molecule has 3 N–H and O–H groups in total. The normalized spacial score (nSPS) is 12.3. The van der Waals surface area contributed by atoms with E-state index in [0.29, 0.717) is 5.56 Å². The smallest absolute Gasteiger partial charge is 0.131 e. The van der Waals surface area contributed by atoms with Crippen molar-refractivity contribution < 1.29 is 13.5 Å². The Balaban J connectivity index is 2.53. The lowest BCUT2D eigenvalue weighted by Gasteiger charge is -2.21. The minimum atomic E-state index is -0.633. The molecule has 0 heterocycles. The molecule has 0 aliphatic heterocycles. The number of halogens is 2. The second-order valence-corrected chi connectivity index (χ2v) is 4.94. The molecule has 0 spiro atoms. The quantitative estimate of drug-likeness (QED) is 0.672. The van der Waals surface area contributed by atoms with Crippen LogP contribution in [0.15, 0.2) is 30.3 Å². The van der Waals surface area contributed by atoms with Gasteiger partial charge in [0.25, 0.3) is 0 Å². The number of nitrogens with two attached hydrogens (primary N) is 1. The molecule has 0 amide bonds. The molecule has 112 valence electrons. The van der Waals surface area contributed by atoms with E-state index in [1.54, 1.807) is 7.11 Å². The maximum atomic E-state index is 14.0. The molecule has 0 aromatic heterocycles. The van der Waals surface area contributed by atoms with Gasteiger partial charge in [0.2, 0.25) is 0 Å². The lowest BCUT2D eigenvalue weighted by molar-refractivity contribution is 0.411. The van der Waals surface area contributed by atoms with Crippen molar-refractivity contribution in [2.75, 3.05) is 7.11 Å². The van der Waals surface area contributed by atoms with E-state index in [4.69, 9.17) is 10.6 Å². The van der Waals surface area contributed by atoms with Crippen LogP contribution in [-0.4, -0.2) is 7.11 Å².